The van der Waals surface area contributed by atoms with Gasteiger partial charge in [-0.3, -0.25) is 0 Å². The first kappa shape index (κ1) is 13.3. The zero-order chi connectivity index (χ0) is 13.3. The topological polar surface area (TPSA) is 0 Å². The Balaban J connectivity index is 2.11. The number of allylic oxidation sites excluding steroid dienone is 2. The molecule has 2 aromatic carbocycles. The molecular formula is C16H14Cl2Se. The summed E-state index contributed by atoms with van der Waals surface area (Å²) in [5.74, 6) is 0. The fourth-order valence-corrected chi connectivity index (χ4v) is 8.13. The van der Waals surface area contributed by atoms with Crippen molar-refractivity contribution in [3.8, 4) is 0 Å². The van der Waals surface area contributed by atoms with Crippen molar-refractivity contribution < 1.29 is 0 Å². The molecule has 0 radical (unpaired) electrons. The molecule has 0 nitrogen and oxygen atoms in total. The van der Waals surface area contributed by atoms with E-state index in [4.69, 9.17) is 20.2 Å². The Morgan fingerprint density at radius 1 is 0.632 bits per heavy atom. The minimum absolute atomic E-state index is 0.855. The average Bonchev–Trinajstić information content (AvgIpc) is 2.77. The van der Waals surface area contributed by atoms with Gasteiger partial charge in [-0.2, -0.15) is 0 Å². The minimum atomic E-state index is -2.35. The molecule has 0 saturated heterocycles. The van der Waals surface area contributed by atoms with Gasteiger partial charge in [0, 0.05) is 0 Å². The second-order valence-electron chi connectivity index (χ2n) is 4.68. The fourth-order valence-electron chi connectivity index (χ4n) is 2.44. The molecule has 1 aliphatic heterocycles. The third-order valence-electron chi connectivity index (χ3n) is 3.32. The number of benzene rings is 2. The molecule has 0 N–H and O–H groups in total. The van der Waals surface area contributed by atoms with Gasteiger partial charge in [0.25, 0.3) is 0 Å². The first-order valence-corrected chi connectivity index (χ1v) is 13.1. The molecule has 1 aliphatic rings. The molecule has 0 saturated carbocycles. The van der Waals surface area contributed by atoms with Crippen LogP contribution in [0.15, 0.2) is 60.7 Å². The molecule has 0 atom stereocenters. The fraction of sp³-hybridized carbons (Fsp3) is 0.125. The summed E-state index contributed by atoms with van der Waals surface area (Å²) in [6.45, 7) is 0. The summed E-state index contributed by atoms with van der Waals surface area (Å²) >= 11 is -2.35. The number of hydrogen-bond donors (Lipinski definition) is 0. The normalized spacial score (nSPS) is 19.5. The van der Waals surface area contributed by atoms with Crippen LogP contribution in [0.25, 0.3) is 11.1 Å². The van der Waals surface area contributed by atoms with E-state index in [-0.39, 0.29) is 0 Å². The first-order chi connectivity index (χ1) is 9.16. The molecule has 19 heavy (non-hydrogen) atoms. The van der Waals surface area contributed by atoms with E-state index in [1.165, 1.54) is 22.3 Å². The second kappa shape index (κ2) is 5.34. The zero-order valence-electron chi connectivity index (χ0n) is 10.4. The van der Waals surface area contributed by atoms with Crippen molar-refractivity contribution in [1.82, 2.24) is 0 Å². The number of halogens is 2. The van der Waals surface area contributed by atoms with Crippen LogP contribution in [0.1, 0.15) is 11.1 Å². The van der Waals surface area contributed by atoms with Crippen molar-refractivity contribution in [2.24, 2.45) is 0 Å². The standard InChI is InChI=1S/C16H14Cl2Se/c17-19(18)11-15(13-7-3-1-4-8-13)16(12-19)14-9-5-2-6-10-14/h1-10H,11-12H2. The van der Waals surface area contributed by atoms with Gasteiger partial charge in [-0.1, -0.05) is 0 Å². The van der Waals surface area contributed by atoms with Gasteiger partial charge in [-0.05, 0) is 0 Å². The molecule has 1 heterocycles. The molecule has 3 rings (SSSR count). The summed E-state index contributed by atoms with van der Waals surface area (Å²) in [5, 5.41) is 1.71. The van der Waals surface area contributed by atoms with E-state index in [1.807, 2.05) is 12.1 Å². The van der Waals surface area contributed by atoms with Gasteiger partial charge in [0.1, 0.15) is 0 Å². The predicted octanol–water partition coefficient (Wildman–Crippen LogP) is 5.53. The molecule has 0 spiro atoms. The summed E-state index contributed by atoms with van der Waals surface area (Å²) < 4.78 is 0. The van der Waals surface area contributed by atoms with E-state index in [9.17, 15) is 0 Å². The molecule has 98 valence electrons. The van der Waals surface area contributed by atoms with Crippen molar-refractivity contribution in [3.63, 3.8) is 0 Å². The molecular weight excluding hydrogens is 342 g/mol. The van der Waals surface area contributed by atoms with Crippen molar-refractivity contribution in [3.05, 3.63) is 71.8 Å². The van der Waals surface area contributed by atoms with Crippen LogP contribution in [0, 0.1) is 0 Å². The van der Waals surface area contributed by atoms with Crippen molar-refractivity contribution in [2.75, 3.05) is 0 Å². The van der Waals surface area contributed by atoms with Crippen molar-refractivity contribution in [1.29, 1.82) is 0 Å². The quantitative estimate of drug-likeness (QED) is 0.621. The van der Waals surface area contributed by atoms with Gasteiger partial charge < -0.3 is 0 Å². The van der Waals surface area contributed by atoms with E-state index in [1.54, 1.807) is 0 Å². The molecule has 0 unspecified atom stereocenters. The van der Waals surface area contributed by atoms with Gasteiger partial charge in [-0.25, -0.2) is 0 Å². The molecule has 0 aliphatic carbocycles. The maximum atomic E-state index is 6.54. The van der Waals surface area contributed by atoms with Crippen LogP contribution < -0.4 is 0 Å². The third-order valence-corrected chi connectivity index (χ3v) is 8.57. The van der Waals surface area contributed by atoms with Crippen molar-refractivity contribution >= 4 is 42.4 Å². The number of hydrogen-bond acceptors (Lipinski definition) is 0. The Morgan fingerprint density at radius 2 is 1.00 bits per heavy atom. The maximum absolute atomic E-state index is 6.54. The molecule has 0 fully saturated rings. The Kier molecular flexibility index (Phi) is 3.73. The van der Waals surface area contributed by atoms with Gasteiger partial charge >= 0.3 is 125 Å². The molecule has 0 amide bonds. The van der Waals surface area contributed by atoms with Crippen molar-refractivity contribution in [2.45, 2.75) is 10.6 Å². The third kappa shape index (κ3) is 2.90. The van der Waals surface area contributed by atoms with Gasteiger partial charge in [0.15, 0.2) is 0 Å². The van der Waals surface area contributed by atoms with Gasteiger partial charge in [0.05, 0.1) is 0 Å². The van der Waals surface area contributed by atoms with E-state index >= 15 is 0 Å². The summed E-state index contributed by atoms with van der Waals surface area (Å²) in [7, 11) is 13.1. The van der Waals surface area contributed by atoms with E-state index in [0.717, 1.165) is 10.6 Å². The first-order valence-electron chi connectivity index (χ1n) is 6.16. The zero-order valence-corrected chi connectivity index (χ0v) is 13.6. The molecule has 2 aromatic rings. The summed E-state index contributed by atoms with van der Waals surface area (Å²) in [5.41, 5.74) is 5.16. The second-order valence-corrected chi connectivity index (χ2v) is 15.8. The average molecular weight is 356 g/mol. The monoisotopic (exact) mass is 356 g/mol. The molecule has 3 heteroatoms. The molecule has 0 aromatic heterocycles. The Hall–Kier alpha value is -0.721. The van der Waals surface area contributed by atoms with Gasteiger partial charge in [0.2, 0.25) is 0 Å². The van der Waals surface area contributed by atoms with Crippen LogP contribution in [-0.4, -0.2) is 11.0 Å². The SMILES string of the molecule is Cl[Se]1(Cl)CC(c2ccccc2)=C(c2ccccc2)C1. The van der Waals surface area contributed by atoms with E-state index in [2.05, 4.69) is 48.5 Å². The van der Waals surface area contributed by atoms with Crippen LogP contribution in [0.2, 0.25) is 10.6 Å². The Bertz CT molecular complexity index is 550. The Labute approximate surface area is 124 Å². The van der Waals surface area contributed by atoms with E-state index < -0.39 is 11.0 Å². The van der Waals surface area contributed by atoms with Gasteiger partial charge in [-0.15, -0.1) is 0 Å². The Morgan fingerprint density at radius 3 is 1.37 bits per heavy atom. The van der Waals surface area contributed by atoms with Crippen LogP contribution in [0.4, 0.5) is 0 Å². The van der Waals surface area contributed by atoms with E-state index in [0.29, 0.717) is 0 Å². The summed E-state index contributed by atoms with van der Waals surface area (Å²) in [6.07, 6.45) is 0. The predicted molar refractivity (Wildman–Crippen MR) is 86.8 cm³/mol. The summed E-state index contributed by atoms with van der Waals surface area (Å²) in [6, 6.07) is 20.9. The molecule has 0 bridgehead atoms. The van der Waals surface area contributed by atoms with Crippen LogP contribution in [0.3, 0.4) is 0 Å². The van der Waals surface area contributed by atoms with Crippen LogP contribution in [-0.2, 0) is 0 Å². The van der Waals surface area contributed by atoms with Crippen LogP contribution >= 0.6 is 20.2 Å². The van der Waals surface area contributed by atoms with Crippen LogP contribution in [0.5, 0.6) is 0 Å². The summed E-state index contributed by atoms with van der Waals surface area (Å²) in [4.78, 5) is 0. The number of rotatable bonds is 2.